The lowest BCUT2D eigenvalue weighted by Crippen LogP contribution is -2.39. The van der Waals surface area contributed by atoms with Gasteiger partial charge in [-0.15, -0.1) is 0 Å². The highest BCUT2D eigenvalue weighted by atomic mass is 32.1. The second kappa shape index (κ2) is 10.1. The van der Waals surface area contributed by atoms with Crippen LogP contribution in [0, 0.1) is 10.1 Å². The molecule has 0 saturated carbocycles. The maximum atomic E-state index is 13.6. The molecule has 1 atom stereocenters. The number of hydrogen-bond donors (Lipinski definition) is 0. The highest BCUT2D eigenvalue weighted by Crippen LogP contribution is 2.32. The predicted molar refractivity (Wildman–Crippen MR) is 131 cm³/mol. The van der Waals surface area contributed by atoms with E-state index in [0.717, 1.165) is 11.3 Å². The quantitative estimate of drug-likeness (QED) is 0.217. The largest absolute Gasteiger partial charge is 0.463 e. The summed E-state index contributed by atoms with van der Waals surface area (Å²) < 4.78 is 12.0. The van der Waals surface area contributed by atoms with Crippen LogP contribution in [0.5, 0.6) is 5.75 Å². The number of ether oxygens (including phenoxy) is 2. The Hall–Kier alpha value is -4.38. The SMILES string of the molecule is CCOC(=O)C1=C(C)N=c2s/c(=C\c3ccc(OC(C)=O)cc3)c(=O)n2C1c1cccc([N+](=O)[O-])c1. The molecule has 0 bridgehead atoms. The topological polar surface area (TPSA) is 130 Å². The van der Waals surface area contributed by atoms with Gasteiger partial charge in [-0.3, -0.25) is 24.3 Å². The van der Waals surface area contributed by atoms with E-state index >= 15 is 0 Å². The van der Waals surface area contributed by atoms with E-state index in [1.165, 1.54) is 29.7 Å². The molecule has 1 aromatic heterocycles. The van der Waals surface area contributed by atoms with Crippen LogP contribution < -0.4 is 19.6 Å². The van der Waals surface area contributed by atoms with Crippen molar-refractivity contribution in [1.29, 1.82) is 0 Å². The lowest BCUT2D eigenvalue weighted by Gasteiger charge is -2.24. The van der Waals surface area contributed by atoms with Crippen molar-refractivity contribution in [2.75, 3.05) is 6.61 Å². The Bertz CT molecular complexity index is 1580. The number of nitrogens with zero attached hydrogens (tertiary/aromatic N) is 3. The lowest BCUT2D eigenvalue weighted by atomic mass is 9.95. The molecule has 0 aliphatic carbocycles. The first-order valence-corrected chi connectivity index (χ1v) is 11.7. The molecule has 1 unspecified atom stereocenters. The van der Waals surface area contributed by atoms with Gasteiger partial charge in [-0.2, -0.15) is 0 Å². The molecular formula is C25H21N3O7S. The highest BCUT2D eigenvalue weighted by molar-refractivity contribution is 7.07. The predicted octanol–water partition coefficient (Wildman–Crippen LogP) is 2.63. The second-order valence-corrected chi connectivity index (χ2v) is 8.83. The Labute approximate surface area is 208 Å². The Kier molecular flexibility index (Phi) is 6.93. The van der Waals surface area contributed by atoms with Gasteiger partial charge >= 0.3 is 11.9 Å². The molecule has 0 saturated heterocycles. The summed E-state index contributed by atoms with van der Waals surface area (Å²) in [5, 5.41) is 11.4. The normalized spacial score (nSPS) is 15.2. The zero-order valence-electron chi connectivity index (χ0n) is 19.6. The van der Waals surface area contributed by atoms with Gasteiger partial charge < -0.3 is 9.47 Å². The summed E-state index contributed by atoms with van der Waals surface area (Å²) in [5.74, 6) is -0.711. The van der Waals surface area contributed by atoms with Crippen LogP contribution in [0.3, 0.4) is 0 Å². The zero-order valence-corrected chi connectivity index (χ0v) is 20.4. The van der Waals surface area contributed by atoms with Gasteiger partial charge in [0.05, 0.1) is 33.4 Å². The van der Waals surface area contributed by atoms with Gasteiger partial charge in [0.25, 0.3) is 11.2 Å². The summed E-state index contributed by atoms with van der Waals surface area (Å²) in [6.07, 6.45) is 1.66. The molecule has 0 spiro atoms. The van der Waals surface area contributed by atoms with Crippen LogP contribution in [0.25, 0.3) is 6.08 Å². The van der Waals surface area contributed by atoms with Crippen LogP contribution in [0.2, 0.25) is 0 Å². The first kappa shape index (κ1) is 24.7. The first-order chi connectivity index (χ1) is 17.2. The molecule has 0 fully saturated rings. The number of fused-ring (bicyclic) bond motifs is 1. The molecule has 184 valence electrons. The number of rotatable bonds is 6. The summed E-state index contributed by atoms with van der Waals surface area (Å²) in [5.41, 5.74) is 1.00. The number of non-ortho nitro benzene ring substituents is 1. The van der Waals surface area contributed by atoms with E-state index in [1.54, 1.807) is 50.3 Å². The van der Waals surface area contributed by atoms with Crippen LogP contribution in [0.15, 0.2) is 69.6 Å². The molecule has 1 aliphatic heterocycles. The number of aromatic nitrogens is 1. The first-order valence-electron chi connectivity index (χ1n) is 10.9. The number of allylic oxidation sites excluding steroid dienone is 1. The lowest BCUT2D eigenvalue weighted by molar-refractivity contribution is -0.384. The molecule has 2 aromatic carbocycles. The number of benzene rings is 2. The van der Waals surface area contributed by atoms with Crippen molar-refractivity contribution in [3.05, 3.63) is 101 Å². The third-order valence-corrected chi connectivity index (χ3v) is 6.34. The Balaban J connectivity index is 1.89. The number of carbonyl (C=O) groups is 2. The van der Waals surface area contributed by atoms with Gasteiger partial charge in [-0.25, -0.2) is 9.79 Å². The zero-order chi connectivity index (χ0) is 26.0. The number of carbonyl (C=O) groups excluding carboxylic acids is 2. The van der Waals surface area contributed by atoms with Crippen molar-refractivity contribution in [1.82, 2.24) is 4.57 Å². The van der Waals surface area contributed by atoms with E-state index in [-0.39, 0.29) is 17.9 Å². The molecule has 0 amide bonds. The number of thiazole rings is 1. The van der Waals surface area contributed by atoms with Crippen molar-refractivity contribution in [3.8, 4) is 5.75 Å². The minimum Gasteiger partial charge on any atom is -0.463 e. The number of nitro groups is 1. The standard InChI is InChI=1S/C25H21N3O7S/c1-4-34-24(31)21-14(2)26-25-27(22(21)17-6-5-7-18(13-17)28(32)33)23(30)20(36-25)12-16-8-10-19(11-9-16)35-15(3)29/h5-13,22H,4H2,1-3H3/b20-12-. The summed E-state index contributed by atoms with van der Waals surface area (Å²) in [6.45, 7) is 4.73. The van der Waals surface area contributed by atoms with Crippen LogP contribution in [-0.2, 0) is 14.3 Å². The minimum atomic E-state index is -0.950. The monoisotopic (exact) mass is 507 g/mol. The van der Waals surface area contributed by atoms with Crippen LogP contribution >= 0.6 is 11.3 Å². The van der Waals surface area contributed by atoms with E-state index in [0.29, 0.717) is 31.9 Å². The number of esters is 2. The fourth-order valence-electron chi connectivity index (χ4n) is 3.86. The van der Waals surface area contributed by atoms with Crippen molar-refractivity contribution < 1.29 is 24.0 Å². The van der Waals surface area contributed by atoms with Crippen LogP contribution in [-0.4, -0.2) is 28.0 Å². The molecule has 0 radical (unpaired) electrons. The Morgan fingerprint density at radius 2 is 1.94 bits per heavy atom. The fraction of sp³-hybridized carbons (Fsp3) is 0.200. The minimum absolute atomic E-state index is 0.116. The average Bonchev–Trinajstić information content (AvgIpc) is 3.13. The maximum Gasteiger partial charge on any atom is 0.338 e. The molecule has 3 aromatic rings. The molecule has 36 heavy (non-hydrogen) atoms. The van der Waals surface area contributed by atoms with Crippen molar-refractivity contribution in [3.63, 3.8) is 0 Å². The Morgan fingerprint density at radius 1 is 1.22 bits per heavy atom. The van der Waals surface area contributed by atoms with Gasteiger partial charge in [-0.1, -0.05) is 35.6 Å². The van der Waals surface area contributed by atoms with E-state index in [9.17, 15) is 24.5 Å². The Morgan fingerprint density at radius 3 is 2.58 bits per heavy atom. The third kappa shape index (κ3) is 4.86. The van der Waals surface area contributed by atoms with Gasteiger partial charge in [0, 0.05) is 19.1 Å². The summed E-state index contributed by atoms with van der Waals surface area (Å²) in [6, 6.07) is 11.5. The number of hydrogen-bond acceptors (Lipinski definition) is 9. The highest BCUT2D eigenvalue weighted by Gasteiger charge is 2.34. The molecule has 2 heterocycles. The van der Waals surface area contributed by atoms with E-state index < -0.39 is 28.5 Å². The maximum absolute atomic E-state index is 13.6. The summed E-state index contributed by atoms with van der Waals surface area (Å²) in [7, 11) is 0. The summed E-state index contributed by atoms with van der Waals surface area (Å²) in [4.78, 5) is 53.3. The van der Waals surface area contributed by atoms with Gasteiger partial charge in [0.15, 0.2) is 4.80 Å². The third-order valence-electron chi connectivity index (χ3n) is 5.35. The molecular weight excluding hydrogens is 486 g/mol. The molecule has 1 aliphatic rings. The van der Waals surface area contributed by atoms with Crippen molar-refractivity contribution >= 4 is 35.0 Å². The molecule has 4 rings (SSSR count). The molecule has 0 N–H and O–H groups in total. The van der Waals surface area contributed by atoms with Crippen LogP contribution in [0.4, 0.5) is 5.69 Å². The smallest absolute Gasteiger partial charge is 0.338 e. The van der Waals surface area contributed by atoms with E-state index in [1.807, 2.05) is 0 Å². The van der Waals surface area contributed by atoms with Gasteiger partial charge in [-0.05, 0) is 43.2 Å². The summed E-state index contributed by atoms with van der Waals surface area (Å²) >= 11 is 1.13. The fourth-order valence-corrected chi connectivity index (χ4v) is 4.91. The number of nitro benzene ring substituents is 1. The van der Waals surface area contributed by atoms with E-state index in [4.69, 9.17) is 9.47 Å². The van der Waals surface area contributed by atoms with E-state index in [2.05, 4.69) is 4.99 Å². The average molecular weight is 508 g/mol. The van der Waals surface area contributed by atoms with Gasteiger partial charge in [0.1, 0.15) is 5.75 Å². The second-order valence-electron chi connectivity index (χ2n) is 7.82. The molecule has 10 nitrogen and oxygen atoms in total. The van der Waals surface area contributed by atoms with Crippen LogP contribution in [0.1, 0.15) is 37.9 Å². The van der Waals surface area contributed by atoms with Crippen molar-refractivity contribution in [2.24, 2.45) is 4.99 Å². The van der Waals surface area contributed by atoms with Gasteiger partial charge in [0.2, 0.25) is 0 Å². The van der Waals surface area contributed by atoms with Crippen molar-refractivity contribution in [2.45, 2.75) is 26.8 Å². The molecule has 11 heteroatoms.